The molecular weight excluding hydrogens is 198 g/mol. The summed E-state index contributed by atoms with van der Waals surface area (Å²) in [5, 5.41) is 21.1. The molecule has 0 amide bonds. The van der Waals surface area contributed by atoms with E-state index in [1.165, 1.54) is 0 Å². The van der Waals surface area contributed by atoms with Crippen molar-refractivity contribution >= 4 is 5.97 Å². The SMILES string of the molecule is O=C(O)C1CCC(CNC2CC(O)C2)O1. The second-order valence-corrected chi connectivity index (χ2v) is 4.39. The summed E-state index contributed by atoms with van der Waals surface area (Å²) in [5.41, 5.74) is 0. The minimum absolute atomic E-state index is 0.0174. The molecule has 2 unspecified atom stereocenters. The summed E-state index contributed by atoms with van der Waals surface area (Å²) in [6.07, 6.45) is 2.25. The molecule has 1 saturated heterocycles. The van der Waals surface area contributed by atoms with E-state index in [-0.39, 0.29) is 12.2 Å². The number of carboxylic acid groups (broad SMARTS) is 1. The first-order chi connectivity index (χ1) is 7.15. The van der Waals surface area contributed by atoms with Crippen LogP contribution in [0, 0.1) is 0 Å². The Morgan fingerprint density at radius 3 is 2.67 bits per heavy atom. The molecule has 0 spiro atoms. The van der Waals surface area contributed by atoms with Crippen LogP contribution in [0.1, 0.15) is 25.7 Å². The third-order valence-electron chi connectivity index (χ3n) is 3.13. The number of ether oxygens (including phenoxy) is 1. The Kier molecular flexibility index (Phi) is 3.23. The largest absolute Gasteiger partial charge is 0.479 e. The number of aliphatic hydroxyl groups is 1. The van der Waals surface area contributed by atoms with E-state index in [2.05, 4.69) is 5.32 Å². The van der Waals surface area contributed by atoms with E-state index in [1.807, 2.05) is 0 Å². The first kappa shape index (κ1) is 10.9. The summed E-state index contributed by atoms with van der Waals surface area (Å²) in [6, 6.07) is 0.382. The lowest BCUT2D eigenvalue weighted by molar-refractivity contribution is -0.149. The van der Waals surface area contributed by atoms with Gasteiger partial charge in [0, 0.05) is 12.6 Å². The van der Waals surface area contributed by atoms with Crippen molar-refractivity contribution in [3.05, 3.63) is 0 Å². The van der Waals surface area contributed by atoms with Crippen molar-refractivity contribution in [3.8, 4) is 0 Å². The van der Waals surface area contributed by atoms with Gasteiger partial charge in [-0.05, 0) is 25.7 Å². The lowest BCUT2D eigenvalue weighted by atomic mass is 9.89. The van der Waals surface area contributed by atoms with E-state index in [4.69, 9.17) is 14.9 Å². The fourth-order valence-corrected chi connectivity index (χ4v) is 2.09. The maximum Gasteiger partial charge on any atom is 0.332 e. The molecule has 0 bridgehead atoms. The fraction of sp³-hybridized carbons (Fsp3) is 0.900. The van der Waals surface area contributed by atoms with Crippen molar-refractivity contribution in [1.29, 1.82) is 0 Å². The number of hydrogen-bond donors (Lipinski definition) is 3. The molecule has 2 rings (SSSR count). The molecule has 2 aliphatic rings. The highest BCUT2D eigenvalue weighted by molar-refractivity contribution is 5.72. The van der Waals surface area contributed by atoms with Crippen LogP contribution in [0.4, 0.5) is 0 Å². The molecule has 5 heteroatoms. The van der Waals surface area contributed by atoms with Gasteiger partial charge in [-0.25, -0.2) is 4.79 Å². The second-order valence-electron chi connectivity index (χ2n) is 4.39. The van der Waals surface area contributed by atoms with Gasteiger partial charge in [-0.15, -0.1) is 0 Å². The number of nitrogens with one attached hydrogen (secondary N) is 1. The number of aliphatic hydroxyl groups excluding tert-OH is 1. The highest BCUT2D eigenvalue weighted by Gasteiger charge is 2.32. The summed E-state index contributed by atoms with van der Waals surface area (Å²) in [6.45, 7) is 0.696. The van der Waals surface area contributed by atoms with Gasteiger partial charge < -0.3 is 20.3 Å². The zero-order chi connectivity index (χ0) is 10.8. The van der Waals surface area contributed by atoms with Crippen molar-refractivity contribution in [2.75, 3.05) is 6.54 Å². The summed E-state index contributed by atoms with van der Waals surface area (Å²) in [4.78, 5) is 10.6. The lowest BCUT2D eigenvalue weighted by Gasteiger charge is -2.32. The molecule has 1 heterocycles. The van der Waals surface area contributed by atoms with E-state index >= 15 is 0 Å². The molecule has 1 saturated carbocycles. The Hall–Kier alpha value is -0.650. The minimum Gasteiger partial charge on any atom is -0.479 e. The molecule has 3 N–H and O–H groups in total. The standard InChI is InChI=1S/C10H17NO4/c12-7-3-6(4-7)11-5-8-1-2-9(15-8)10(13)14/h6-9,11-12H,1-5H2,(H,13,14). The van der Waals surface area contributed by atoms with Gasteiger partial charge in [-0.3, -0.25) is 0 Å². The average molecular weight is 215 g/mol. The summed E-state index contributed by atoms with van der Waals surface area (Å²) >= 11 is 0. The molecule has 0 aromatic rings. The average Bonchev–Trinajstić information content (AvgIpc) is 2.59. The molecule has 1 aliphatic heterocycles. The van der Waals surface area contributed by atoms with Crippen LogP contribution in [0.15, 0.2) is 0 Å². The first-order valence-electron chi connectivity index (χ1n) is 5.45. The number of rotatable bonds is 4. The van der Waals surface area contributed by atoms with Crippen LogP contribution in [0.5, 0.6) is 0 Å². The smallest absolute Gasteiger partial charge is 0.332 e. The number of aliphatic carboxylic acids is 1. The molecule has 0 radical (unpaired) electrons. The monoisotopic (exact) mass is 215 g/mol. The van der Waals surface area contributed by atoms with Crippen LogP contribution in [0.2, 0.25) is 0 Å². The molecule has 15 heavy (non-hydrogen) atoms. The Labute approximate surface area is 88.4 Å². The van der Waals surface area contributed by atoms with Gasteiger partial charge >= 0.3 is 5.97 Å². The second kappa shape index (κ2) is 4.47. The Morgan fingerprint density at radius 1 is 1.40 bits per heavy atom. The molecule has 5 nitrogen and oxygen atoms in total. The van der Waals surface area contributed by atoms with Gasteiger partial charge in [0.1, 0.15) is 0 Å². The number of carbonyl (C=O) groups is 1. The third-order valence-corrected chi connectivity index (χ3v) is 3.13. The predicted molar refractivity (Wildman–Crippen MR) is 52.6 cm³/mol. The highest BCUT2D eigenvalue weighted by atomic mass is 16.5. The zero-order valence-electron chi connectivity index (χ0n) is 8.56. The molecule has 2 fully saturated rings. The molecular formula is C10H17NO4. The summed E-state index contributed by atoms with van der Waals surface area (Å²) < 4.78 is 5.34. The fourth-order valence-electron chi connectivity index (χ4n) is 2.09. The van der Waals surface area contributed by atoms with Crippen molar-refractivity contribution in [2.45, 2.75) is 50.0 Å². The topological polar surface area (TPSA) is 78.8 Å². The number of carboxylic acids is 1. The van der Waals surface area contributed by atoms with Crippen molar-refractivity contribution < 1.29 is 19.7 Å². The van der Waals surface area contributed by atoms with Crippen molar-refractivity contribution in [1.82, 2.24) is 5.32 Å². The van der Waals surface area contributed by atoms with Crippen molar-refractivity contribution in [2.24, 2.45) is 0 Å². The maximum atomic E-state index is 10.6. The van der Waals surface area contributed by atoms with Gasteiger partial charge in [0.25, 0.3) is 0 Å². The predicted octanol–water partition coefficient (Wildman–Crippen LogP) is -0.268. The summed E-state index contributed by atoms with van der Waals surface area (Å²) in [5.74, 6) is -0.864. The Morgan fingerprint density at radius 2 is 2.13 bits per heavy atom. The van der Waals surface area contributed by atoms with Crippen LogP contribution in [0.3, 0.4) is 0 Å². The Bertz CT molecular complexity index is 240. The van der Waals surface area contributed by atoms with Gasteiger partial charge in [0.05, 0.1) is 12.2 Å². The van der Waals surface area contributed by atoms with E-state index in [9.17, 15) is 4.79 Å². The quantitative estimate of drug-likeness (QED) is 0.601. The minimum atomic E-state index is -0.864. The van der Waals surface area contributed by atoms with E-state index < -0.39 is 12.1 Å². The van der Waals surface area contributed by atoms with E-state index in [0.29, 0.717) is 19.0 Å². The van der Waals surface area contributed by atoms with Gasteiger partial charge in [0.15, 0.2) is 6.10 Å². The van der Waals surface area contributed by atoms with E-state index in [1.54, 1.807) is 0 Å². The molecule has 1 aliphatic carbocycles. The van der Waals surface area contributed by atoms with Crippen LogP contribution in [-0.4, -0.2) is 47.1 Å². The Balaban J connectivity index is 1.62. The van der Waals surface area contributed by atoms with Gasteiger partial charge in [-0.1, -0.05) is 0 Å². The molecule has 0 aromatic carbocycles. The molecule has 2 atom stereocenters. The summed E-state index contributed by atoms with van der Waals surface area (Å²) in [7, 11) is 0. The normalized spacial score (nSPS) is 40.1. The van der Waals surface area contributed by atoms with Gasteiger partial charge in [0.2, 0.25) is 0 Å². The molecule has 0 aromatic heterocycles. The zero-order valence-corrected chi connectivity index (χ0v) is 8.56. The van der Waals surface area contributed by atoms with Gasteiger partial charge in [-0.2, -0.15) is 0 Å². The van der Waals surface area contributed by atoms with Crippen LogP contribution in [0.25, 0.3) is 0 Å². The molecule has 86 valence electrons. The van der Waals surface area contributed by atoms with Crippen LogP contribution in [-0.2, 0) is 9.53 Å². The van der Waals surface area contributed by atoms with Crippen LogP contribution < -0.4 is 5.32 Å². The number of hydrogen-bond acceptors (Lipinski definition) is 4. The van der Waals surface area contributed by atoms with Crippen LogP contribution >= 0.6 is 0 Å². The third kappa shape index (κ3) is 2.68. The maximum absolute atomic E-state index is 10.6. The van der Waals surface area contributed by atoms with Crippen molar-refractivity contribution in [3.63, 3.8) is 0 Å². The first-order valence-corrected chi connectivity index (χ1v) is 5.45. The lowest BCUT2D eigenvalue weighted by Crippen LogP contribution is -2.46. The highest BCUT2D eigenvalue weighted by Crippen LogP contribution is 2.22. The van der Waals surface area contributed by atoms with E-state index in [0.717, 1.165) is 19.3 Å².